The van der Waals surface area contributed by atoms with Crippen LogP contribution < -0.4 is 10.3 Å². The molecule has 0 fully saturated rings. The van der Waals surface area contributed by atoms with Gasteiger partial charge in [-0.2, -0.15) is 14.9 Å². The molecule has 0 amide bonds. The first-order chi connectivity index (χ1) is 12.4. The van der Waals surface area contributed by atoms with Crippen LogP contribution in [0.15, 0.2) is 34.2 Å². The van der Waals surface area contributed by atoms with E-state index in [2.05, 4.69) is 15.3 Å². The molecule has 1 aromatic heterocycles. The highest BCUT2D eigenvalue weighted by atomic mass is 32.1. The van der Waals surface area contributed by atoms with Crippen LogP contribution in [0, 0.1) is 10.7 Å². The number of aromatic amines is 1. The summed E-state index contributed by atoms with van der Waals surface area (Å²) in [5, 5.41) is 19.2. The summed E-state index contributed by atoms with van der Waals surface area (Å²) in [5.41, 5.74) is 0.202. The van der Waals surface area contributed by atoms with Gasteiger partial charge < -0.3 is 9.84 Å². The van der Waals surface area contributed by atoms with Crippen molar-refractivity contribution >= 4 is 24.4 Å². The molecule has 0 saturated carbocycles. The number of carboxylic acid groups (broad SMARTS) is 1. The van der Waals surface area contributed by atoms with E-state index >= 15 is 0 Å². The minimum atomic E-state index is -1.01. The normalized spacial score (nSPS) is 11.2. The lowest BCUT2D eigenvalue weighted by Crippen LogP contribution is -2.25. The monoisotopic (exact) mass is 376 g/mol. The number of aryl methyl sites for hydroxylation is 1. The Morgan fingerprint density at radius 1 is 1.46 bits per heavy atom. The zero-order valence-corrected chi connectivity index (χ0v) is 15.3. The zero-order chi connectivity index (χ0) is 19.1. The average molecular weight is 376 g/mol. The van der Waals surface area contributed by atoms with Gasteiger partial charge in [-0.15, -0.1) is 0 Å². The van der Waals surface area contributed by atoms with Gasteiger partial charge in [0.25, 0.3) is 5.56 Å². The number of carbonyl (C=O) groups is 1. The number of nitrogens with zero attached hydrogens (tertiary/aromatic N) is 3. The molecule has 2 aromatic rings. The van der Waals surface area contributed by atoms with Crippen LogP contribution in [0.2, 0.25) is 0 Å². The van der Waals surface area contributed by atoms with E-state index in [0.717, 1.165) is 4.68 Å². The summed E-state index contributed by atoms with van der Waals surface area (Å²) >= 11 is 5.05. The van der Waals surface area contributed by atoms with Crippen molar-refractivity contribution in [2.24, 2.45) is 11.0 Å². The van der Waals surface area contributed by atoms with Crippen molar-refractivity contribution in [3.63, 3.8) is 0 Å². The third kappa shape index (κ3) is 5.35. The van der Waals surface area contributed by atoms with Crippen molar-refractivity contribution < 1.29 is 14.6 Å². The quantitative estimate of drug-likeness (QED) is 0.540. The van der Waals surface area contributed by atoms with Gasteiger partial charge in [-0.05, 0) is 30.3 Å². The number of hydrogen-bond acceptors (Lipinski definition) is 6. The molecule has 0 aliphatic heterocycles. The molecule has 0 aliphatic rings. The maximum Gasteiger partial charge on any atom is 0.303 e. The number of H-pyrrole nitrogens is 1. The fourth-order valence-electron chi connectivity index (χ4n) is 2.01. The molecule has 1 aromatic carbocycles. The Morgan fingerprint density at radius 2 is 2.19 bits per heavy atom. The lowest BCUT2D eigenvalue weighted by Gasteiger charge is -2.10. The minimum Gasteiger partial charge on any atom is -0.493 e. The number of ether oxygens (including phenoxy) is 1. The number of nitrogens with one attached hydrogen (secondary N) is 1. The number of carboxylic acids is 1. The Hall–Kier alpha value is -2.81. The van der Waals surface area contributed by atoms with E-state index in [0.29, 0.717) is 23.8 Å². The van der Waals surface area contributed by atoms with Crippen molar-refractivity contribution in [1.29, 1.82) is 0 Å². The van der Waals surface area contributed by atoms with Gasteiger partial charge in [-0.1, -0.05) is 26.0 Å². The van der Waals surface area contributed by atoms with Crippen molar-refractivity contribution in [2.75, 3.05) is 6.61 Å². The smallest absolute Gasteiger partial charge is 0.303 e. The lowest BCUT2D eigenvalue weighted by atomic mass is 10.2. The molecule has 0 aliphatic carbocycles. The molecule has 8 nitrogen and oxygen atoms in total. The van der Waals surface area contributed by atoms with Crippen LogP contribution in [0.4, 0.5) is 0 Å². The van der Waals surface area contributed by atoms with Crippen molar-refractivity contribution in [2.45, 2.75) is 26.7 Å². The van der Waals surface area contributed by atoms with Gasteiger partial charge in [0, 0.05) is 12.0 Å². The van der Waals surface area contributed by atoms with Gasteiger partial charge >= 0.3 is 5.97 Å². The van der Waals surface area contributed by atoms with Gasteiger partial charge in [0.05, 0.1) is 19.2 Å². The maximum atomic E-state index is 12.4. The topological polar surface area (TPSA) is 110 Å². The SMILES string of the molecule is CC(C)COc1ccccc1/C=N\n1c(=S)[nH]nc(CCC(=O)O)c1=O. The number of aromatic nitrogens is 3. The highest BCUT2D eigenvalue weighted by molar-refractivity contribution is 7.71. The van der Waals surface area contributed by atoms with E-state index < -0.39 is 11.5 Å². The molecule has 9 heteroatoms. The van der Waals surface area contributed by atoms with E-state index in [4.69, 9.17) is 22.1 Å². The minimum absolute atomic E-state index is 0.0100. The van der Waals surface area contributed by atoms with E-state index in [1.54, 1.807) is 0 Å². The Morgan fingerprint density at radius 3 is 2.88 bits per heavy atom. The van der Waals surface area contributed by atoms with Gasteiger partial charge in [0.15, 0.2) is 0 Å². The van der Waals surface area contributed by atoms with Crippen LogP contribution in [-0.4, -0.2) is 38.8 Å². The van der Waals surface area contributed by atoms with E-state index in [-0.39, 0.29) is 23.3 Å². The predicted octanol–water partition coefficient (Wildman–Crippen LogP) is 2.24. The third-order valence-corrected chi connectivity index (χ3v) is 3.56. The standard InChI is InChI=1S/C17H20N4O4S/c1-11(2)10-25-14-6-4-3-5-12(14)9-18-21-16(24)13(7-8-15(22)23)19-20-17(21)26/h3-6,9,11H,7-8,10H2,1-2H3,(H,20,26)(H,22,23)/b18-9-. The summed E-state index contributed by atoms with van der Waals surface area (Å²) in [6.07, 6.45) is 1.26. The number of para-hydroxylation sites is 1. The van der Waals surface area contributed by atoms with Crippen LogP contribution in [-0.2, 0) is 11.2 Å². The van der Waals surface area contributed by atoms with Crippen molar-refractivity contribution in [1.82, 2.24) is 14.9 Å². The molecule has 2 N–H and O–H groups in total. The largest absolute Gasteiger partial charge is 0.493 e. The zero-order valence-electron chi connectivity index (χ0n) is 14.5. The second-order valence-electron chi connectivity index (χ2n) is 5.97. The van der Waals surface area contributed by atoms with Crippen LogP contribution in [0.25, 0.3) is 0 Å². The number of hydrogen-bond donors (Lipinski definition) is 2. The van der Waals surface area contributed by atoms with Crippen LogP contribution in [0.1, 0.15) is 31.5 Å². The second kappa shape index (κ2) is 9.04. The molecule has 0 spiro atoms. The Labute approximate surface area is 155 Å². The van der Waals surface area contributed by atoms with Crippen LogP contribution in [0.5, 0.6) is 5.75 Å². The molecule has 26 heavy (non-hydrogen) atoms. The first kappa shape index (κ1) is 19.5. The molecule has 0 atom stereocenters. The summed E-state index contributed by atoms with van der Waals surface area (Å²) in [6.45, 7) is 4.65. The third-order valence-electron chi connectivity index (χ3n) is 3.30. The van der Waals surface area contributed by atoms with Crippen LogP contribution >= 0.6 is 12.2 Å². The highest BCUT2D eigenvalue weighted by Crippen LogP contribution is 2.16. The molecule has 0 saturated heterocycles. The summed E-state index contributed by atoms with van der Waals surface area (Å²) in [6, 6.07) is 7.31. The lowest BCUT2D eigenvalue weighted by molar-refractivity contribution is -0.136. The second-order valence-corrected chi connectivity index (χ2v) is 6.36. The van der Waals surface area contributed by atoms with E-state index in [1.807, 2.05) is 38.1 Å². The molecule has 138 valence electrons. The summed E-state index contributed by atoms with van der Waals surface area (Å²) in [4.78, 5) is 23.1. The van der Waals surface area contributed by atoms with E-state index in [1.165, 1.54) is 6.21 Å². The predicted molar refractivity (Wildman–Crippen MR) is 99.4 cm³/mol. The molecular formula is C17H20N4O4S. The Balaban J connectivity index is 2.31. The van der Waals surface area contributed by atoms with Gasteiger partial charge in [0.2, 0.25) is 4.77 Å². The summed E-state index contributed by atoms with van der Waals surface area (Å²) in [7, 11) is 0. The van der Waals surface area contributed by atoms with Crippen LogP contribution in [0.3, 0.4) is 0 Å². The number of rotatable bonds is 8. The number of aliphatic carboxylic acids is 1. The highest BCUT2D eigenvalue weighted by Gasteiger charge is 2.09. The first-order valence-electron chi connectivity index (χ1n) is 8.07. The first-order valence-corrected chi connectivity index (χ1v) is 8.48. The fraction of sp³-hybridized carbons (Fsp3) is 0.353. The van der Waals surface area contributed by atoms with Gasteiger partial charge in [-0.25, -0.2) is 0 Å². The average Bonchev–Trinajstić information content (AvgIpc) is 2.59. The van der Waals surface area contributed by atoms with Crippen molar-refractivity contribution in [3.05, 3.63) is 50.6 Å². The van der Waals surface area contributed by atoms with Crippen molar-refractivity contribution in [3.8, 4) is 5.75 Å². The Kier molecular flexibility index (Phi) is 6.79. The fourth-order valence-corrected chi connectivity index (χ4v) is 2.19. The molecule has 2 rings (SSSR count). The molecule has 0 bridgehead atoms. The number of benzene rings is 1. The summed E-state index contributed by atoms with van der Waals surface area (Å²) in [5.74, 6) is 0.00133. The maximum absolute atomic E-state index is 12.4. The summed E-state index contributed by atoms with van der Waals surface area (Å²) < 4.78 is 6.75. The molecule has 1 heterocycles. The van der Waals surface area contributed by atoms with E-state index in [9.17, 15) is 9.59 Å². The molecular weight excluding hydrogens is 356 g/mol. The van der Waals surface area contributed by atoms with Gasteiger partial charge in [0.1, 0.15) is 11.4 Å². The molecule has 0 unspecified atom stereocenters. The van der Waals surface area contributed by atoms with Gasteiger partial charge in [-0.3, -0.25) is 14.7 Å². The Bertz CT molecular complexity index is 917. The molecule has 0 radical (unpaired) electrons.